The average Bonchev–Trinajstić information content (AvgIpc) is 3.27. The summed E-state index contributed by atoms with van der Waals surface area (Å²) in [4.78, 5) is 4.98. The van der Waals surface area contributed by atoms with Crippen LogP contribution in [0.25, 0.3) is 0 Å². The third kappa shape index (κ3) is 4.04. The summed E-state index contributed by atoms with van der Waals surface area (Å²) in [5, 5.41) is 9.68. The van der Waals surface area contributed by atoms with Crippen molar-refractivity contribution in [2.75, 3.05) is 24.5 Å². The van der Waals surface area contributed by atoms with Crippen molar-refractivity contribution in [3.8, 4) is 0 Å². The highest BCUT2D eigenvalue weighted by Crippen LogP contribution is 2.28. The van der Waals surface area contributed by atoms with E-state index < -0.39 is 0 Å². The van der Waals surface area contributed by atoms with Gasteiger partial charge in [0, 0.05) is 38.4 Å². The number of piperazine rings is 1. The molecule has 142 valence electrons. The molecule has 0 N–H and O–H groups in total. The Bertz CT molecular complexity index is 905. The fourth-order valence-electron chi connectivity index (χ4n) is 3.52. The molecule has 1 saturated heterocycles. The molecule has 1 aliphatic rings. The van der Waals surface area contributed by atoms with Gasteiger partial charge in [-0.05, 0) is 49.4 Å². The number of hydrogen-bond acceptors (Lipinski definition) is 6. The number of hydrogen-bond donors (Lipinski definition) is 0. The molecule has 0 aliphatic carbocycles. The maximum Gasteiger partial charge on any atom is 0.198 e. The molecule has 0 radical (unpaired) electrons. The Morgan fingerprint density at radius 2 is 2.04 bits per heavy atom. The first-order valence-corrected chi connectivity index (χ1v) is 10.1. The number of benzene rings is 1. The van der Waals surface area contributed by atoms with E-state index in [9.17, 15) is 0 Å². The molecule has 0 spiro atoms. The predicted octanol–water partition coefficient (Wildman–Crippen LogP) is 3.58. The normalized spacial score (nSPS) is 18.2. The summed E-state index contributed by atoms with van der Waals surface area (Å²) in [5.41, 5.74) is 2.69. The third-order valence-electron chi connectivity index (χ3n) is 5.08. The SMILES string of the molecule is Cc1ccccc1N1CCN(Cc2ccc(Sc3nncn3C)o2)[C@H](C)C1. The highest BCUT2D eigenvalue weighted by atomic mass is 32.2. The Hall–Kier alpha value is -2.25. The van der Waals surface area contributed by atoms with E-state index in [1.54, 1.807) is 6.33 Å². The lowest BCUT2D eigenvalue weighted by Gasteiger charge is -2.41. The molecule has 0 unspecified atom stereocenters. The first-order valence-electron chi connectivity index (χ1n) is 9.25. The summed E-state index contributed by atoms with van der Waals surface area (Å²) in [5.74, 6) is 0.996. The van der Waals surface area contributed by atoms with Crippen LogP contribution in [0.2, 0.25) is 0 Å². The minimum Gasteiger partial charge on any atom is -0.453 e. The Balaban J connectivity index is 1.37. The predicted molar refractivity (Wildman–Crippen MR) is 107 cm³/mol. The minimum atomic E-state index is 0.471. The van der Waals surface area contributed by atoms with Crippen LogP contribution in [0.4, 0.5) is 5.69 Å². The van der Waals surface area contributed by atoms with E-state index in [2.05, 4.69) is 64.2 Å². The molecule has 2 aromatic heterocycles. The van der Waals surface area contributed by atoms with E-state index in [0.29, 0.717) is 6.04 Å². The zero-order chi connectivity index (χ0) is 18.8. The van der Waals surface area contributed by atoms with Crippen LogP contribution in [0.1, 0.15) is 18.2 Å². The number of rotatable bonds is 5. The van der Waals surface area contributed by atoms with Gasteiger partial charge in [0.1, 0.15) is 12.1 Å². The molecule has 1 aliphatic heterocycles. The van der Waals surface area contributed by atoms with Gasteiger partial charge >= 0.3 is 0 Å². The van der Waals surface area contributed by atoms with Gasteiger partial charge in [-0.25, -0.2) is 0 Å². The van der Waals surface area contributed by atoms with Crippen LogP contribution in [-0.2, 0) is 13.6 Å². The second-order valence-corrected chi connectivity index (χ2v) is 8.07. The van der Waals surface area contributed by atoms with Crippen molar-refractivity contribution in [2.45, 2.75) is 36.7 Å². The van der Waals surface area contributed by atoms with Gasteiger partial charge in [-0.2, -0.15) is 0 Å². The maximum atomic E-state index is 6.02. The molecule has 3 aromatic rings. The fourth-order valence-corrected chi connectivity index (χ4v) is 4.26. The molecule has 6 nitrogen and oxygen atoms in total. The van der Waals surface area contributed by atoms with Crippen molar-refractivity contribution in [2.24, 2.45) is 7.05 Å². The first kappa shape index (κ1) is 18.1. The van der Waals surface area contributed by atoms with Gasteiger partial charge in [0.05, 0.1) is 6.54 Å². The lowest BCUT2D eigenvalue weighted by atomic mass is 10.1. The van der Waals surface area contributed by atoms with Crippen molar-refractivity contribution in [1.29, 1.82) is 0 Å². The summed E-state index contributed by atoms with van der Waals surface area (Å²) in [6.07, 6.45) is 1.70. The molecule has 1 atom stereocenters. The molecule has 1 aromatic carbocycles. The molecular weight excluding hydrogens is 358 g/mol. The second-order valence-electron chi connectivity index (χ2n) is 7.10. The molecule has 1 fully saturated rings. The van der Waals surface area contributed by atoms with E-state index in [1.807, 2.05) is 17.7 Å². The molecule has 27 heavy (non-hydrogen) atoms. The van der Waals surface area contributed by atoms with Gasteiger partial charge in [-0.1, -0.05) is 18.2 Å². The third-order valence-corrected chi connectivity index (χ3v) is 6.05. The highest BCUT2D eigenvalue weighted by Gasteiger charge is 2.25. The lowest BCUT2D eigenvalue weighted by molar-refractivity contribution is 0.165. The van der Waals surface area contributed by atoms with Crippen LogP contribution in [0.5, 0.6) is 0 Å². The Kier molecular flexibility index (Phi) is 5.22. The van der Waals surface area contributed by atoms with E-state index in [4.69, 9.17) is 4.42 Å². The summed E-state index contributed by atoms with van der Waals surface area (Å²) in [7, 11) is 1.93. The lowest BCUT2D eigenvalue weighted by Crippen LogP contribution is -2.51. The van der Waals surface area contributed by atoms with Gasteiger partial charge in [0.25, 0.3) is 0 Å². The standard InChI is InChI=1S/C20H25N5OS/c1-15-6-4-5-7-18(15)25-11-10-24(16(2)12-25)13-17-8-9-19(26-17)27-20-22-21-14-23(20)3/h4-9,14,16H,10-13H2,1-3H3/t16-/m1/s1. The average molecular weight is 384 g/mol. The van der Waals surface area contributed by atoms with Crippen LogP contribution in [-0.4, -0.2) is 45.3 Å². The Morgan fingerprint density at radius 1 is 1.19 bits per heavy atom. The van der Waals surface area contributed by atoms with Crippen molar-refractivity contribution < 1.29 is 4.42 Å². The minimum absolute atomic E-state index is 0.471. The van der Waals surface area contributed by atoms with E-state index in [0.717, 1.165) is 42.2 Å². The largest absolute Gasteiger partial charge is 0.453 e. The first-order chi connectivity index (χ1) is 13.1. The van der Waals surface area contributed by atoms with Gasteiger partial charge in [-0.3, -0.25) is 4.90 Å². The van der Waals surface area contributed by atoms with Gasteiger partial charge in [0.15, 0.2) is 10.2 Å². The van der Waals surface area contributed by atoms with Gasteiger partial charge in [0.2, 0.25) is 0 Å². The van der Waals surface area contributed by atoms with Crippen LogP contribution in [0.3, 0.4) is 0 Å². The summed E-state index contributed by atoms with van der Waals surface area (Å²) >= 11 is 1.50. The quantitative estimate of drug-likeness (QED) is 0.671. The molecule has 4 rings (SSSR count). The van der Waals surface area contributed by atoms with Gasteiger partial charge < -0.3 is 13.9 Å². The smallest absolute Gasteiger partial charge is 0.198 e. The van der Waals surface area contributed by atoms with Crippen molar-refractivity contribution in [3.05, 3.63) is 54.0 Å². The molecule has 0 bridgehead atoms. The van der Waals surface area contributed by atoms with E-state index in [1.165, 1.54) is 23.0 Å². The molecular formula is C20H25N5OS. The molecule has 3 heterocycles. The second kappa shape index (κ2) is 7.78. The van der Waals surface area contributed by atoms with Crippen LogP contribution in [0.15, 0.2) is 57.4 Å². The Labute approximate surface area is 164 Å². The fraction of sp³-hybridized carbons (Fsp3) is 0.400. The maximum absolute atomic E-state index is 6.02. The zero-order valence-electron chi connectivity index (χ0n) is 16.0. The molecule has 0 saturated carbocycles. The molecule has 0 amide bonds. The topological polar surface area (TPSA) is 50.3 Å². The van der Waals surface area contributed by atoms with Crippen molar-refractivity contribution >= 4 is 17.4 Å². The van der Waals surface area contributed by atoms with E-state index >= 15 is 0 Å². The highest BCUT2D eigenvalue weighted by molar-refractivity contribution is 7.99. The number of anilines is 1. The summed E-state index contributed by atoms with van der Waals surface area (Å²) < 4.78 is 7.91. The zero-order valence-corrected chi connectivity index (χ0v) is 16.8. The van der Waals surface area contributed by atoms with Crippen molar-refractivity contribution in [1.82, 2.24) is 19.7 Å². The van der Waals surface area contributed by atoms with Crippen LogP contribution >= 0.6 is 11.8 Å². The number of aromatic nitrogens is 3. The number of furan rings is 1. The molecule has 7 heteroatoms. The summed E-state index contributed by atoms with van der Waals surface area (Å²) in [6.45, 7) is 8.42. The van der Waals surface area contributed by atoms with E-state index in [-0.39, 0.29) is 0 Å². The summed E-state index contributed by atoms with van der Waals surface area (Å²) in [6, 6.07) is 13.2. The monoisotopic (exact) mass is 383 g/mol. The number of nitrogens with zero attached hydrogens (tertiary/aromatic N) is 5. The number of aryl methyl sites for hydroxylation is 2. The van der Waals surface area contributed by atoms with Crippen LogP contribution in [0, 0.1) is 6.92 Å². The number of para-hydroxylation sites is 1. The Morgan fingerprint density at radius 3 is 2.78 bits per heavy atom. The van der Waals surface area contributed by atoms with Crippen molar-refractivity contribution in [3.63, 3.8) is 0 Å². The van der Waals surface area contributed by atoms with Gasteiger partial charge in [-0.15, -0.1) is 10.2 Å². The van der Waals surface area contributed by atoms with Crippen LogP contribution < -0.4 is 4.90 Å².